The Hall–Kier alpha value is -2.56. The normalized spacial score (nSPS) is 11.1. The summed E-state index contributed by atoms with van der Waals surface area (Å²) >= 11 is 11.7. The van der Waals surface area contributed by atoms with Gasteiger partial charge in [0.2, 0.25) is 5.91 Å². The molecule has 2 aromatic carbocycles. The molecule has 0 saturated carbocycles. The highest BCUT2D eigenvalue weighted by Gasteiger charge is 2.05. The van der Waals surface area contributed by atoms with E-state index in [1.54, 1.807) is 42.5 Å². The quantitative estimate of drug-likeness (QED) is 0.686. The van der Waals surface area contributed by atoms with Crippen molar-refractivity contribution < 1.29 is 9.21 Å². The van der Waals surface area contributed by atoms with Crippen molar-refractivity contribution in [2.24, 2.45) is 0 Å². The van der Waals surface area contributed by atoms with Gasteiger partial charge >= 0.3 is 0 Å². The van der Waals surface area contributed by atoms with Gasteiger partial charge in [-0.3, -0.25) is 9.59 Å². The molecule has 24 heavy (non-hydrogen) atoms. The lowest BCUT2D eigenvalue weighted by atomic mass is 10.1. The van der Waals surface area contributed by atoms with E-state index in [9.17, 15) is 9.59 Å². The van der Waals surface area contributed by atoms with E-state index < -0.39 is 5.91 Å². The predicted molar refractivity (Wildman–Crippen MR) is 96.6 cm³/mol. The van der Waals surface area contributed by atoms with E-state index in [1.165, 1.54) is 18.4 Å². The Morgan fingerprint density at radius 1 is 1.08 bits per heavy atom. The van der Waals surface area contributed by atoms with Crippen molar-refractivity contribution in [3.05, 3.63) is 80.6 Å². The molecule has 0 aliphatic carbocycles. The Bertz CT molecular complexity index is 1010. The van der Waals surface area contributed by atoms with E-state index in [0.717, 1.165) is 0 Å². The standard InChI is InChI=1S/C18H11Cl2NO3/c19-14-7-6-12(9-15(14)20)21-17(22)8-5-11-10-24-16-4-2-1-3-13(16)18(11)23/h1-10H,(H,21,22)/b8-5+. The highest BCUT2D eigenvalue weighted by molar-refractivity contribution is 6.42. The van der Waals surface area contributed by atoms with Crippen molar-refractivity contribution in [1.82, 2.24) is 0 Å². The summed E-state index contributed by atoms with van der Waals surface area (Å²) in [6.07, 6.45) is 3.99. The predicted octanol–water partition coefficient (Wildman–Crippen LogP) is 4.75. The van der Waals surface area contributed by atoms with Crippen LogP contribution in [0.4, 0.5) is 5.69 Å². The summed E-state index contributed by atoms with van der Waals surface area (Å²) in [5, 5.41) is 3.84. The molecule has 0 spiro atoms. The summed E-state index contributed by atoms with van der Waals surface area (Å²) < 4.78 is 5.39. The van der Waals surface area contributed by atoms with Crippen LogP contribution in [0.15, 0.2) is 64.0 Å². The van der Waals surface area contributed by atoms with Gasteiger partial charge in [-0.25, -0.2) is 0 Å². The van der Waals surface area contributed by atoms with Crippen LogP contribution in [0.2, 0.25) is 10.0 Å². The molecule has 3 aromatic rings. The van der Waals surface area contributed by atoms with Crippen molar-refractivity contribution in [1.29, 1.82) is 0 Å². The Kier molecular flexibility index (Phi) is 4.69. The van der Waals surface area contributed by atoms with E-state index in [0.29, 0.717) is 26.7 Å². The number of halogens is 2. The Morgan fingerprint density at radius 2 is 1.88 bits per heavy atom. The molecule has 1 aromatic heterocycles. The van der Waals surface area contributed by atoms with Gasteiger partial charge in [-0.2, -0.15) is 0 Å². The first-order valence-electron chi connectivity index (χ1n) is 6.99. The van der Waals surface area contributed by atoms with Gasteiger partial charge in [0.15, 0.2) is 5.43 Å². The largest absolute Gasteiger partial charge is 0.463 e. The van der Waals surface area contributed by atoms with Crippen molar-refractivity contribution in [3.63, 3.8) is 0 Å². The van der Waals surface area contributed by atoms with E-state index >= 15 is 0 Å². The van der Waals surface area contributed by atoms with Crippen LogP contribution in [0.5, 0.6) is 0 Å². The van der Waals surface area contributed by atoms with Gasteiger partial charge in [0.05, 0.1) is 21.0 Å². The van der Waals surface area contributed by atoms with Crippen LogP contribution in [-0.2, 0) is 4.79 Å². The van der Waals surface area contributed by atoms with Crippen molar-refractivity contribution in [2.45, 2.75) is 0 Å². The molecular formula is C18H11Cl2NO3. The van der Waals surface area contributed by atoms with Crippen LogP contribution in [0.3, 0.4) is 0 Å². The average Bonchev–Trinajstić information content (AvgIpc) is 2.58. The van der Waals surface area contributed by atoms with Gasteiger partial charge in [-0.1, -0.05) is 35.3 Å². The topological polar surface area (TPSA) is 59.3 Å². The Labute approximate surface area is 147 Å². The minimum atomic E-state index is -0.402. The number of para-hydroxylation sites is 1. The molecule has 0 fully saturated rings. The highest BCUT2D eigenvalue weighted by Crippen LogP contribution is 2.25. The van der Waals surface area contributed by atoms with Crippen LogP contribution >= 0.6 is 23.2 Å². The van der Waals surface area contributed by atoms with Gasteiger partial charge in [0, 0.05) is 11.8 Å². The first kappa shape index (κ1) is 16.3. The van der Waals surface area contributed by atoms with Crippen LogP contribution in [-0.4, -0.2) is 5.91 Å². The van der Waals surface area contributed by atoms with Crippen LogP contribution in [0.25, 0.3) is 17.0 Å². The molecule has 0 aliphatic rings. The summed E-state index contributed by atoms with van der Waals surface area (Å²) in [5.41, 5.74) is 1.10. The summed E-state index contributed by atoms with van der Waals surface area (Å²) in [6, 6.07) is 11.7. The second-order valence-electron chi connectivity index (χ2n) is 4.97. The van der Waals surface area contributed by atoms with Crippen LogP contribution in [0, 0.1) is 0 Å². The zero-order valence-corrected chi connectivity index (χ0v) is 13.8. The number of carbonyl (C=O) groups is 1. The third-order valence-corrected chi connectivity index (χ3v) is 4.05. The molecule has 0 aliphatic heterocycles. The van der Waals surface area contributed by atoms with Crippen LogP contribution in [0.1, 0.15) is 5.56 Å². The van der Waals surface area contributed by atoms with Gasteiger partial charge in [0.1, 0.15) is 11.8 Å². The van der Waals surface area contributed by atoms with E-state index in [2.05, 4.69) is 5.32 Å². The molecule has 6 heteroatoms. The van der Waals surface area contributed by atoms with Crippen molar-refractivity contribution in [2.75, 3.05) is 5.32 Å². The number of rotatable bonds is 3. The van der Waals surface area contributed by atoms with Crippen molar-refractivity contribution >= 4 is 51.8 Å². The molecule has 0 bridgehead atoms. The summed E-state index contributed by atoms with van der Waals surface area (Å²) in [5.74, 6) is -0.402. The first-order valence-corrected chi connectivity index (χ1v) is 7.75. The van der Waals surface area contributed by atoms with Crippen LogP contribution < -0.4 is 10.7 Å². The second kappa shape index (κ2) is 6.91. The first-order chi connectivity index (χ1) is 11.5. The van der Waals surface area contributed by atoms with Crippen molar-refractivity contribution in [3.8, 4) is 0 Å². The number of fused-ring (bicyclic) bond motifs is 1. The molecular weight excluding hydrogens is 349 g/mol. The van der Waals surface area contributed by atoms with E-state index in [1.807, 2.05) is 0 Å². The fourth-order valence-electron chi connectivity index (χ4n) is 2.13. The molecule has 0 saturated heterocycles. The third kappa shape index (κ3) is 3.50. The molecule has 4 nitrogen and oxygen atoms in total. The second-order valence-corrected chi connectivity index (χ2v) is 5.78. The van der Waals surface area contributed by atoms with E-state index in [-0.39, 0.29) is 11.0 Å². The maximum absolute atomic E-state index is 12.3. The summed E-state index contributed by atoms with van der Waals surface area (Å²) in [6.45, 7) is 0. The maximum Gasteiger partial charge on any atom is 0.248 e. The Balaban J connectivity index is 1.80. The lowest BCUT2D eigenvalue weighted by Gasteiger charge is -2.03. The summed E-state index contributed by atoms with van der Waals surface area (Å²) in [7, 11) is 0. The van der Waals surface area contributed by atoms with Gasteiger partial charge in [-0.05, 0) is 36.4 Å². The molecule has 120 valence electrons. The number of carbonyl (C=O) groups excluding carboxylic acids is 1. The zero-order chi connectivity index (χ0) is 17.1. The average molecular weight is 360 g/mol. The number of anilines is 1. The smallest absolute Gasteiger partial charge is 0.248 e. The lowest BCUT2D eigenvalue weighted by Crippen LogP contribution is -2.09. The monoisotopic (exact) mass is 359 g/mol. The molecule has 1 N–H and O–H groups in total. The highest BCUT2D eigenvalue weighted by atomic mass is 35.5. The zero-order valence-electron chi connectivity index (χ0n) is 12.3. The molecule has 0 atom stereocenters. The fourth-order valence-corrected chi connectivity index (χ4v) is 2.43. The number of benzene rings is 2. The third-order valence-electron chi connectivity index (χ3n) is 3.31. The number of amides is 1. The van der Waals surface area contributed by atoms with Gasteiger partial charge in [-0.15, -0.1) is 0 Å². The lowest BCUT2D eigenvalue weighted by molar-refractivity contribution is -0.111. The molecule has 1 amide bonds. The van der Waals surface area contributed by atoms with Gasteiger partial charge < -0.3 is 9.73 Å². The summed E-state index contributed by atoms with van der Waals surface area (Å²) in [4.78, 5) is 24.3. The van der Waals surface area contributed by atoms with E-state index in [4.69, 9.17) is 27.6 Å². The minimum absolute atomic E-state index is 0.199. The SMILES string of the molecule is O=C(/C=C/c1coc2ccccc2c1=O)Nc1ccc(Cl)c(Cl)c1. The fraction of sp³-hybridized carbons (Fsp3) is 0. The molecule has 1 heterocycles. The number of hydrogen-bond donors (Lipinski definition) is 1. The maximum atomic E-state index is 12.3. The molecule has 3 rings (SSSR count). The number of nitrogens with one attached hydrogen (secondary N) is 1. The Morgan fingerprint density at radius 3 is 2.67 bits per heavy atom. The molecule has 0 radical (unpaired) electrons. The minimum Gasteiger partial charge on any atom is -0.463 e. The molecule has 0 unspecified atom stereocenters. The van der Waals surface area contributed by atoms with Gasteiger partial charge in [0.25, 0.3) is 0 Å². The number of hydrogen-bond acceptors (Lipinski definition) is 3.